The van der Waals surface area contributed by atoms with Crippen molar-refractivity contribution in [1.29, 1.82) is 0 Å². The molecule has 5 atom stereocenters. The molecular formula is C15H23O6P. The highest BCUT2D eigenvalue weighted by Crippen LogP contribution is 2.43. The molecule has 1 saturated heterocycles. The van der Waals surface area contributed by atoms with Crippen LogP contribution in [0.15, 0.2) is 36.2 Å². The van der Waals surface area contributed by atoms with Gasteiger partial charge in [-0.05, 0) is 12.5 Å². The molecule has 1 aliphatic heterocycles. The zero-order valence-electron chi connectivity index (χ0n) is 13.0. The summed E-state index contributed by atoms with van der Waals surface area (Å²) in [6.45, 7) is 2.07. The van der Waals surface area contributed by atoms with Gasteiger partial charge in [0.1, 0.15) is 18.3 Å². The molecule has 0 saturated carbocycles. The minimum absolute atomic E-state index is 0.253. The van der Waals surface area contributed by atoms with Crippen molar-refractivity contribution in [1.82, 2.24) is 0 Å². The summed E-state index contributed by atoms with van der Waals surface area (Å²) >= 11 is 0. The Morgan fingerprint density at radius 2 is 1.95 bits per heavy atom. The van der Waals surface area contributed by atoms with E-state index in [2.05, 4.69) is 19.1 Å². The van der Waals surface area contributed by atoms with Gasteiger partial charge in [-0.1, -0.05) is 31.2 Å². The summed E-state index contributed by atoms with van der Waals surface area (Å²) in [5, 5.41) is 0. The summed E-state index contributed by atoms with van der Waals surface area (Å²) in [6.07, 6.45) is 8.69. The average molecular weight is 330 g/mol. The lowest BCUT2D eigenvalue weighted by Crippen LogP contribution is -2.43. The smallest absolute Gasteiger partial charge is 0.348 e. The van der Waals surface area contributed by atoms with E-state index >= 15 is 0 Å². The molecular weight excluding hydrogens is 307 g/mol. The van der Waals surface area contributed by atoms with E-state index in [-0.39, 0.29) is 17.6 Å². The Balaban J connectivity index is 2.25. The van der Waals surface area contributed by atoms with Crippen molar-refractivity contribution < 1.29 is 28.6 Å². The molecule has 0 amide bonds. The van der Waals surface area contributed by atoms with Gasteiger partial charge < -0.3 is 24.0 Å². The zero-order valence-corrected chi connectivity index (χ0v) is 13.8. The number of allylic oxidation sites excluding steroid dienone is 3. The van der Waals surface area contributed by atoms with Crippen molar-refractivity contribution in [2.24, 2.45) is 5.41 Å². The van der Waals surface area contributed by atoms with E-state index in [4.69, 9.17) is 24.0 Å². The maximum atomic E-state index is 11.0. The number of methoxy groups -OCH3 is 2. The van der Waals surface area contributed by atoms with Gasteiger partial charge in [0.05, 0.1) is 6.10 Å². The predicted molar refractivity (Wildman–Crippen MR) is 82.4 cm³/mol. The van der Waals surface area contributed by atoms with Crippen molar-refractivity contribution in [2.75, 3.05) is 14.2 Å². The highest BCUT2D eigenvalue weighted by Gasteiger charge is 2.51. The van der Waals surface area contributed by atoms with Gasteiger partial charge in [0, 0.05) is 25.5 Å². The first kappa shape index (κ1) is 17.6. The molecule has 0 aromatic rings. The maximum Gasteiger partial charge on any atom is 0.348 e. The van der Waals surface area contributed by atoms with Crippen molar-refractivity contribution in [3.8, 4) is 0 Å². The minimum atomic E-state index is -4.23. The van der Waals surface area contributed by atoms with E-state index in [0.717, 1.165) is 12.2 Å². The molecule has 22 heavy (non-hydrogen) atoms. The van der Waals surface area contributed by atoms with Crippen molar-refractivity contribution in [3.05, 3.63) is 36.2 Å². The number of rotatable bonds is 5. The van der Waals surface area contributed by atoms with E-state index in [1.165, 1.54) is 6.08 Å². The van der Waals surface area contributed by atoms with Crippen LogP contribution in [0.3, 0.4) is 0 Å². The van der Waals surface area contributed by atoms with Crippen molar-refractivity contribution in [3.63, 3.8) is 0 Å². The lowest BCUT2D eigenvalue weighted by atomic mass is 9.76. The van der Waals surface area contributed by atoms with Gasteiger partial charge in [-0.3, -0.25) is 4.57 Å². The van der Waals surface area contributed by atoms with Gasteiger partial charge in [-0.2, -0.15) is 0 Å². The molecule has 124 valence electrons. The van der Waals surface area contributed by atoms with Crippen LogP contribution >= 0.6 is 7.60 Å². The van der Waals surface area contributed by atoms with E-state index in [1.54, 1.807) is 14.2 Å². The summed E-state index contributed by atoms with van der Waals surface area (Å²) < 4.78 is 28.1. The largest absolute Gasteiger partial charge is 0.376 e. The maximum absolute atomic E-state index is 11.0. The second-order valence-corrected chi connectivity index (χ2v) is 7.33. The van der Waals surface area contributed by atoms with Crippen LogP contribution in [0.2, 0.25) is 0 Å². The third-order valence-corrected chi connectivity index (χ3v) is 4.76. The third-order valence-electron chi connectivity index (χ3n) is 4.20. The van der Waals surface area contributed by atoms with Crippen LogP contribution in [-0.4, -0.2) is 48.4 Å². The number of hydrogen-bond donors (Lipinski definition) is 2. The first-order chi connectivity index (χ1) is 10.3. The number of hydrogen-bond acceptors (Lipinski definition) is 4. The minimum Gasteiger partial charge on any atom is -0.376 e. The predicted octanol–water partition coefficient (Wildman–Crippen LogP) is 2.00. The average Bonchev–Trinajstić information content (AvgIpc) is 2.83. The summed E-state index contributed by atoms with van der Waals surface area (Å²) in [4.78, 5) is 18.0. The van der Waals surface area contributed by atoms with Crippen LogP contribution in [0, 0.1) is 5.41 Å². The standard InChI is InChI=1S/C15H23O6P/c1-15(8-5-4-6-9-15)14-13(20-3)12(19-2)11(21-14)7-10-22(16,17)18/h4-8,10-14H,9H2,1-3H3,(H2,16,17,18)/b10-7+/t11-,12-,13-,14-,15?/m1/s1. The molecule has 1 heterocycles. The topological polar surface area (TPSA) is 85.2 Å². The van der Waals surface area contributed by atoms with Gasteiger partial charge in [0.2, 0.25) is 0 Å². The van der Waals surface area contributed by atoms with Crippen LogP contribution < -0.4 is 0 Å². The summed E-state index contributed by atoms with van der Waals surface area (Å²) in [5.41, 5.74) is -0.253. The first-order valence-corrected chi connectivity index (χ1v) is 8.79. The monoisotopic (exact) mass is 330 g/mol. The van der Waals surface area contributed by atoms with E-state index in [1.807, 2.05) is 12.2 Å². The van der Waals surface area contributed by atoms with Crippen molar-refractivity contribution in [2.45, 2.75) is 37.8 Å². The zero-order chi connectivity index (χ0) is 16.4. The summed E-state index contributed by atoms with van der Waals surface area (Å²) in [7, 11) is -1.10. The highest BCUT2D eigenvalue weighted by molar-refractivity contribution is 7.55. The molecule has 1 fully saturated rings. The Morgan fingerprint density at radius 1 is 1.27 bits per heavy atom. The molecule has 6 nitrogen and oxygen atoms in total. The Hall–Kier alpha value is -0.750. The second-order valence-electron chi connectivity index (χ2n) is 5.85. The van der Waals surface area contributed by atoms with Gasteiger partial charge >= 0.3 is 7.60 Å². The SMILES string of the molecule is CO[C@@H]1[C@H](OC)[C@@H](/C=C/P(=O)(O)O)O[C@H]1C1(C)C=CC=CC1. The quantitative estimate of drug-likeness (QED) is 0.750. The van der Waals surface area contributed by atoms with Crippen LogP contribution in [-0.2, 0) is 18.8 Å². The lowest BCUT2D eigenvalue weighted by Gasteiger charge is -2.35. The highest BCUT2D eigenvalue weighted by atomic mass is 31.2. The molecule has 0 aromatic heterocycles. The van der Waals surface area contributed by atoms with Crippen molar-refractivity contribution >= 4 is 7.60 Å². The molecule has 1 aliphatic carbocycles. The fourth-order valence-corrected chi connectivity index (χ4v) is 3.44. The van der Waals surface area contributed by atoms with Crippen LogP contribution in [0.5, 0.6) is 0 Å². The third kappa shape index (κ3) is 3.77. The summed E-state index contributed by atoms with van der Waals surface area (Å²) in [6, 6.07) is 0. The molecule has 0 aromatic carbocycles. The molecule has 1 unspecified atom stereocenters. The Bertz CT molecular complexity index is 522. The molecule has 2 N–H and O–H groups in total. The number of ether oxygens (including phenoxy) is 3. The molecule has 0 bridgehead atoms. The van der Waals surface area contributed by atoms with Gasteiger partial charge in [-0.25, -0.2) is 0 Å². The lowest BCUT2D eigenvalue weighted by molar-refractivity contribution is -0.0582. The second kappa shape index (κ2) is 6.79. The van der Waals surface area contributed by atoms with Gasteiger partial charge in [-0.15, -0.1) is 0 Å². The first-order valence-electron chi connectivity index (χ1n) is 7.11. The Labute approximate surface area is 130 Å². The molecule has 2 aliphatic rings. The van der Waals surface area contributed by atoms with Gasteiger partial charge in [0.25, 0.3) is 0 Å². The molecule has 0 radical (unpaired) electrons. The van der Waals surface area contributed by atoms with Crippen LogP contribution in [0.4, 0.5) is 0 Å². The summed E-state index contributed by atoms with van der Waals surface area (Å²) in [5.74, 6) is 0.859. The normalized spacial score (nSPS) is 39.0. The molecule has 2 rings (SSSR count). The van der Waals surface area contributed by atoms with Crippen LogP contribution in [0.1, 0.15) is 13.3 Å². The Kier molecular flexibility index (Phi) is 5.43. The van der Waals surface area contributed by atoms with Gasteiger partial charge in [0.15, 0.2) is 0 Å². The molecule has 7 heteroatoms. The fraction of sp³-hybridized carbons (Fsp3) is 0.600. The molecule has 0 spiro atoms. The Morgan fingerprint density at radius 3 is 2.45 bits per heavy atom. The van der Waals surface area contributed by atoms with E-state index in [9.17, 15) is 4.57 Å². The van der Waals surface area contributed by atoms with E-state index < -0.39 is 19.8 Å². The fourth-order valence-electron chi connectivity index (χ4n) is 3.05. The van der Waals surface area contributed by atoms with Crippen LogP contribution in [0.25, 0.3) is 0 Å². The van der Waals surface area contributed by atoms with E-state index in [0.29, 0.717) is 0 Å².